The summed E-state index contributed by atoms with van der Waals surface area (Å²) >= 11 is 0. The first kappa shape index (κ1) is 16.6. The lowest BCUT2D eigenvalue weighted by Crippen LogP contribution is -2.46. The third kappa shape index (κ3) is 3.33. The molecule has 24 heavy (non-hydrogen) atoms. The van der Waals surface area contributed by atoms with E-state index >= 15 is 0 Å². The predicted molar refractivity (Wildman–Crippen MR) is 86.8 cm³/mol. The molecule has 1 amide bonds. The van der Waals surface area contributed by atoms with Crippen LogP contribution in [-0.2, 0) is 0 Å². The molecule has 1 saturated heterocycles. The van der Waals surface area contributed by atoms with Crippen molar-refractivity contribution in [3.05, 3.63) is 41.8 Å². The lowest BCUT2D eigenvalue weighted by Gasteiger charge is -2.38. The number of aromatic nitrogens is 1. The second-order valence-corrected chi connectivity index (χ2v) is 6.82. The van der Waals surface area contributed by atoms with Crippen LogP contribution in [0.25, 0.3) is 11.3 Å². The molecule has 1 unspecified atom stereocenters. The lowest BCUT2D eigenvalue weighted by atomic mass is 9.84. The Morgan fingerprint density at radius 2 is 2.08 bits per heavy atom. The molecule has 1 aliphatic heterocycles. The number of carbonyl (C=O) groups excluding carboxylic acids is 1. The van der Waals surface area contributed by atoms with Gasteiger partial charge in [0.05, 0.1) is 11.8 Å². The molecule has 3 rings (SSSR count). The minimum absolute atomic E-state index is 0.0318. The summed E-state index contributed by atoms with van der Waals surface area (Å²) in [6.45, 7) is 4.68. The molecule has 6 heteroatoms. The monoisotopic (exact) mass is 332 g/mol. The van der Waals surface area contributed by atoms with Crippen LogP contribution in [0.2, 0.25) is 0 Å². The number of piperidine rings is 1. The van der Waals surface area contributed by atoms with Crippen molar-refractivity contribution in [2.24, 2.45) is 5.92 Å². The zero-order chi connectivity index (χ0) is 17.3. The van der Waals surface area contributed by atoms with Crippen molar-refractivity contribution in [1.29, 1.82) is 0 Å². The van der Waals surface area contributed by atoms with Gasteiger partial charge in [-0.1, -0.05) is 5.16 Å². The molecule has 2 heterocycles. The van der Waals surface area contributed by atoms with Gasteiger partial charge in [0, 0.05) is 24.6 Å². The van der Waals surface area contributed by atoms with E-state index in [2.05, 4.69) is 5.16 Å². The summed E-state index contributed by atoms with van der Waals surface area (Å²) in [6.07, 6.45) is 3.13. The molecular formula is C18H21FN2O3. The van der Waals surface area contributed by atoms with Crippen LogP contribution in [-0.4, -0.2) is 39.8 Å². The maximum absolute atomic E-state index is 13.1. The molecule has 128 valence electrons. The molecule has 0 radical (unpaired) electrons. The summed E-state index contributed by atoms with van der Waals surface area (Å²) in [5, 5.41) is 14.0. The SMILES string of the molecule is CC(C)(O)C1CCCN(C(=O)c2cnoc2-c2ccc(F)cc2)C1. The van der Waals surface area contributed by atoms with E-state index in [0.29, 0.717) is 30.0 Å². The third-order valence-electron chi connectivity index (χ3n) is 4.61. The average Bonchev–Trinajstić information content (AvgIpc) is 3.04. The Balaban J connectivity index is 1.83. The van der Waals surface area contributed by atoms with Gasteiger partial charge < -0.3 is 14.5 Å². The average molecular weight is 332 g/mol. The first-order chi connectivity index (χ1) is 11.4. The number of nitrogens with zero attached hydrogens (tertiary/aromatic N) is 2. The van der Waals surface area contributed by atoms with E-state index in [4.69, 9.17) is 4.52 Å². The maximum atomic E-state index is 13.1. The van der Waals surface area contributed by atoms with Gasteiger partial charge in [0.2, 0.25) is 0 Å². The number of halogens is 1. The van der Waals surface area contributed by atoms with Crippen LogP contribution in [0, 0.1) is 11.7 Å². The quantitative estimate of drug-likeness (QED) is 0.938. The molecule has 0 bridgehead atoms. The van der Waals surface area contributed by atoms with Crippen molar-refractivity contribution in [1.82, 2.24) is 10.1 Å². The molecule has 2 aromatic rings. The molecule has 5 nitrogen and oxygen atoms in total. The van der Waals surface area contributed by atoms with Gasteiger partial charge in [0.1, 0.15) is 11.4 Å². The van der Waals surface area contributed by atoms with Crippen LogP contribution >= 0.6 is 0 Å². The van der Waals surface area contributed by atoms with E-state index in [1.807, 2.05) is 0 Å². The number of hydrogen-bond acceptors (Lipinski definition) is 4. The van der Waals surface area contributed by atoms with E-state index in [0.717, 1.165) is 12.8 Å². The number of aliphatic hydroxyl groups is 1. The van der Waals surface area contributed by atoms with E-state index in [1.54, 1.807) is 30.9 Å². The smallest absolute Gasteiger partial charge is 0.259 e. The van der Waals surface area contributed by atoms with Crippen LogP contribution in [0.15, 0.2) is 35.0 Å². The summed E-state index contributed by atoms with van der Waals surface area (Å²) in [4.78, 5) is 14.6. The number of likely N-dealkylation sites (tertiary alicyclic amines) is 1. The molecule has 1 aromatic carbocycles. The minimum Gasteiger partial charge on any atom is -0.390 e. The lowest BCUT2D eigenvalue weighted by molar-refractivity contribution is -0.0146. The highest BCUT2D eigenvalue weighted by molar-refractivity contribution is 5.99. The number of amides is 1. The minimum atomic E-state index is -0.826. The Kier molecular flexibility index (Phi) is 4.41. The largest absolute Gasteiger partial charge is 0.390 e. The highest BCUT2D eigenvalue weighted by Crippen LogP contribution is 2.30. The summed E-state index contributed by atoms with van der Waals surface area (Å²) in [7, 11) is 0. The second kappa shape index (κ2) is 6.36. The van der Waals surface area contributed by atoms with Crippen molar-refractivity contribution in [3.63, 3.8) is 0 Å². The molecule has 1 fully saturated rings. The predicted octanol–water partition coefficient (Wildman–Crippen LogP) is 3.10. The standard InChI is InChI=1S/C18H21FN2O3/c1-18(2,23)13-4-3-9-21(11-13)17(22)15-10-20-24-16(15)12-5-7-14(19)8-6-12/h5-8,10,13,23H,3-4,9,11H2,1-2H3. The summed E-state index contributed by atoms with van der Waals surface area (Å²) < 4.78 is 18.3. The van der Waals surface area contributed by atoms with Crippen LogP contribution in [0.3, 0.4) is 0 Å². The molecule has 0 aliphatic carbocycles. The second-order valence-electron chi connectivity index (χ2n) is 6.82. The molecule has 1 atom stereocenters. The van der Waals surface area contributed by atoms with Crippen LogP contribution < -0.4 is 0 Å². The van der Waals surface area contributed by atoms with E-state index in [9.17, 15) is 14.3 Å². The fourth-order valence-corrected chi connectivity index (χ4v) is 3.11. The van der Waals surface area contributed by atoms with Gasteiger partial charge in [-0.25, -0.2) is 4.39 Å². The third-order valence-corrected chi connectivity index (χ3v) is 4.61. The van der Waals surface area contributed by atoms with Crippen LogP contribution in [0.4, 0.5) is 4.39 Å². The fraction of sp³-hybridized carbons (Fsp3) is 0.444. The van der Waals surface area contributed by atoms with Crippen LogP contribution in [0.1, 0.15) is 37.0 Å². The normalized spacial score (nSPS) is 18.7. The van der Waals surface area contributed by atoms with Gasteiger partial charge in [-0.3, -0.25) is 4.79 Å². The van der Waals surface area contributed by atoms with Gasteiger partial charge in [-0.2, -0.15) is 0 Å². The van der Waals surface area contributed by atoms with Gasteiger partial charge in [-0.15, -0.1) is 0 Å². The number of carbonyl (C=O) groups is 1. The maximum Gasteiger partial charge on any atom is 0.259 e. The van der Waals surface area contributed by atoms with Gasteiger partial charge in [0.25, 0.3) is 5.91 Å². The summed E-state index contributed by atoms with van der Waals surface area (Å²) in [5.41, 5.74) is 0.138. The van der Waals surface area contributed by atoms with E-state index in [1.165, 1.54) is 18.3 Å². The summed E-state index contributed by atoms with van der Waals surface area (Å²) in [5.74, 6) is -0.158. The van der Waals surface area contributed by atoms with Crippen molar-refractivity contribution in [2.75, 3.05) is 13.1 Å². The highest BCUT2D eigenvalue weighted by atomic mass is 19.1. The Morgan fingerprint density at radius 1 is 1.38 bits per heavy atom. The topological polar surface area (TPSA) is 66.6 Å². The first-order valence-electron chi connectivity index (χ1n) is 8.08. The first-order valence-corrected chi connectivity index (χ1v) is 8.08. The van der Waals surface area contributed by atoms with E-state index in [-0.39, 0.29) is 17.6 Å². The van der Waals surface area contributed by atoms with E-state index < -0.39 is 5.60 Å². The molecule has 1 aromatic heterocycles. The van der Waals surface area contributed by atoms with Gasteiger partial charge in [-0.05, 0) is 51.0 Å². The van der Waals surface area contributed by atoms with Crippen LogP contribution in [0.5, 0.6) is 0 Å². The van der Waals surface area contributed by atoms with Crippen molar-refractivity contribution >= 4 is 5.91 Å². The Hall–Kier alpha value is -2.21. The zero-order valence-electron chi connectivity index (χ0n) is 13.8. The van der Waals surface area contributed by atoms with Crippen molar-refractivity contribution in [3.8, 4) is 11.3 Å². The molecule has 0 saturated carbocycles. The van der Waals surface area contributed by atoms with Crippen molar-refractivity contribution in [2.45, 2.75) is 32.3 Å². The summed E-state index contributed by atoms with van der Waals surface area (Å²) in [6, 6.07) is 5.75. The zero-order valence-corrected chi connectivity index (χ0v) is 13.8. The van der Waals surface area contributed by atoms with Crippen molar-refractivity contribution < 1.29 is 18.8 Å². The molecule has 1 aliphatic rings. The van der Waals surface area contributed by atoms with Gasteiger partial charge in [0.15, 0.2) is 5.76 Å². The number of hydrogen-bond donors (Lipinski definition) is 1. The Morgan fingerprint density at radius 3 is 2.75 bits per heavy atom. The number of benzene rings is 1. The number of rotatable bonds is 3. The molecule has 0 spiro atoms. The Bertz CT molecular complexity index is 719. The fourth-order valence-electron chi connectivity index (χ4n) is 3.11. The Labute approximate surface area is 140 Å². The molecule has 1 N–H and O–H groups in total. The highest BCUT2D eigenvalue weighted by Gasteiger charge is 2.34. The van der Waals surface area contributed by atoms with Gasteiger partial charge >= 0.3 is 0 Å². The molecular weight excluding hydrogens is 311 g/mol.